The Kier molecular flexibility index (Phi) is 9.06. The number of methoxy groups -OCH3 is 1. The van der Waals surface area contributed by atoms with Gasteiger partial charge in [-0.15, -0.1) is 0 Å². The second-order valence-electron chi connectivity index (χ2n) is 9.26. The molecule has 1 unspecified atom stereocenters. The number of piperidine rings is 1. The topological polar surface area (TPSA) is 110 Å². The van der Waals surface area contributed by atoms with Crippen LogP contribution in [0.25, 0.3) is 0 Å². The molecule has 0 aliphatic carbocycles. The normalized spacial score (nSPS) is 20.1. The number of aromatic nitrogens is 1. The van der Waals surface area contributed by atoms with Crippen molar-refractivity contribution in [3.63, 3.8) is 0 Å². The van der Waals surface area contributed by atoms with Crippen LogP contribution in [0.2, 0.25) is 0 Å². The van der Waals surface area contributed by atoms with Crippen LogP contribution in [0.1, 0.15) is 37.4 Å². The predicted octanol–water partition coefficient (Wildman–Crippen LogP) is 2.73. The number of hydrogen-bond donors (Lipinski definition) is 2. The number of nitrogens with zero attached hydrogens (tertiary/aromatic N) is 3. The number of carbonyl (C=O) groups is 2. The highest BCUT2D eigenvalue weighted by Gasteiger charge is 2.39. The molecule has 0 saturated carbocycles. The summed E-state index contributed by atoms with van der Waals surface area (Å²) in [7, 11) is 5.67. The number of likely N-dealkylation sites (N-methyl/N-ethyl adjacent to an activating group) is 1. The van der Waals surface area contributed by atoms with Gasteiger partial charge in [0.2, 0.25) is 0 Å². The number of aryl methyl sites for hydroxylation is 1. The van der Waals surface area contributed by atoms with E-state index in [-0.39, 0.29) is 18.1 Å². The van der Waals surface area contributed by atoms with Crippen molar-refractivity contribution in [1.29, 1.82) is 0 Å². The Balaban J connectivity index is 1.81. The number of benzene rings is 1. The average Bonchev–Trinajstić information content (AvgIpc) is 2.84. The highest BCUT2D eigenvalue weighted by atomic mass is 16.5. The van der Waals surface area contributed by atoms with Crippen LogP contribution in [0.5, 0.6) is 5.75 Å². The number of hydrogen-bond acceptors (Lipinski definition) is 7. The first-order chi connectivity index (χ1) is 16.7. The summed E-state index contributed by atoms with van der Waals surface area (Å²) in [5, 5.41) is 2.69. The van der Waals surface area contributed by atoms with Gasteiger partial charge in [-0.25, -0.2) is 4.98 Å². The number of pyridine rings is 1. The fraction of sp³-hybridized carbons (Fsp3) is 0.500. The molecule has 3 atom stereocenters. The summed E-state index contributed by atoms with van der Waals surface area (Å²) >= 11 is 0. The largest absolute Gasteiger partial charge is 0.492 e. The summed E-state index contributed by atoms with van der Waals surface area (Å²) in [6.45, 7) is 5.73. The van der Waals surface area contributed by atoms with E-state index in [2.05, 4.69) is 15.2 Å². The van der Waals surface area contributed by atoms with Gasteiger partial charge in [0.1, 0.15) is 18.2 Å². The lowest BCUT2D eigenvalue weighted by Crippen LogP contribution is -2.50. The number of amides is 2. The van der Waals surface area contributed by atoms with Crippen molar-refractivity contribution in [2.75, 3.05) is 52.0 Å². The number of likely N-dealkylation sites (tertiary alicyclic amines) is 1. The van der Waals surface area contributed by atoms with Gasteiger partial charge in [0.15, 0.2) is 0 Å². The summed E-state index contributed by atoms with van der Waals surface area (Å²) in [5.74, 6) is -0.0680. The fourth-order valence-corrected chi connectivity index (χ4v) is 4.35. The van der Waals surface area contributed by atoms with E-state index in [0.717, 1.165) is 23.4 Å². The number of anilines is 2. The zero-order chi connectivity index (χ0) is 25.5. The zero-order valence-electron chi connectivity index (χ0n) is 21.3. The molecule has 1 aromatic carbocycles. The molecule has 35 heavy (non-hydrogen) atoms. The van der Waals surface area contributed by atoms with Crippen LogP contribution in [-0.4, -0.2) is 73.6 Å². The van der Waals surface area contributed by atoms with E-state index in [9.17, 15) is 9.59 Å². The van der Waals surface area contributed by atoms with Crippen molar-refractivity contribution in [2.45, 2.75) is 38.8 Å². The van der Waals surface area contributed by atoms with Gasteiger partial charge in [0.05, 0.1) is 24.0 Å². The van der Waals surface area contributed by atoms with E-state index in [4.69, 9.17) is 15.2 Å². The second kappa shape index (κ2) is 12.0. The Hall–Kier alpha value is -3.17. The molecule has 1 fully saturated rings. The minimum atomic E-state index is -0.704. The molecule has 9 nitrogen and oxygen atoms in total. The Morgan fingerprint density at radius 2 is 2.06 bits per heavy atom. The molecule has 0 spiro atoms. The molecule has 190 valence electrons. The van der Waals surface area contributed by atoms with E-state index in [1.54, 1.807) is 18.1 Å². The third-order valence-corrected chi connectivity index (χ3v) is 6.40. The zero-order valence-corrected chi connectivity index (χ0v) is 21.3. The van der Waals surface area contributed by atoms with E-state index in [1.807, 2.05) is 52.2 Å². The lowest BCUT2D eigenvalue weighted by atomic mass is 9.87. The van der Waals surface area contributed by atoms with Crippen LogP contribution in [0.3, 0.4) is 0 Å². The molecule has 0 radical (unpaired) electrons. The van der Waals surface area contributed by atoms with Crippen LogP contribution in [0.4, 0.5) is 11.5 Å². The van der Waals surface area contributed by atoms with E-state index >= 15 is 0 Å². The molecule has 0 bridgehead atoms. The van der Waals surface area contributed by atoms with E-state index < -0.39 is 11.8 Å². The average molecular weight is 484 g/mol. The minimum absolute atomic E-state index is 0.0289. The number of nitrogens with one attached hydrogen (secondary N) is 1. The third-order valence-electron chi connectivity index (χ3n) is 6.40. The van der Waals surface area contributed by atoms with Gasteiger partial charge in [-0.3, -0.25) is 9.59 Å². The lowest BCUT2D eigenvalue weighted by Gasteiger charge is -2.42. The highest BCUT2D eigenvalue weighted by Crippen LogP contribution is 2.36. The van der Waals surface area contributed by atoms with Crippen molar-refractivity contribution in [3.05, 3.63) is 47.7 Å². The molecular formula is C26H37N5O4. The van der Waals surface area contributed by atoms with Crippen molar-refractivity contribution < 1.29 is 19.1 Å². The quantitative estimate of drug-likeness (QED) is 0.556. The summed E-state index contributed by atoms with van der Waals surface area (Å²) in [4.78, 5) is 34.2. The Morgan fingerprint density at radius 3 is 2.74 bits per heavy atom. The Morgan fingerprint density at radius 1 is 1.29 bits per heavy atom. The molecule has 1 aromatic heterocycles. The summed E-state index contributed by atoms with van der Waals surface area (Å²) in [5.41, 5.74) is 8.03. The number of rotatable bonds is 8. The van der Waals surface area contributed by atoms with Gasteiger partial charge in [0, 0.05) is 26.1 Å². The molecule has 2 amide bonds. The Bertz CT molecular complexity index is 1030. The number of ether oxygens (including phenoxy) is 2. The second-order valence-corrected chi connectivity index (χ2v) is 9.26. The first-order valence-corrected chi connectivity index (χ1v) is 12.0. The predicted molar refractivity (Wildman–Crippen MR) is 136 cm³/mol. The van der Waals surface area contributed by atoms with Crippen LogP contribution in [-0.2, 0) is 20.7 Å². The third kappa shape index (κ3) is 6.70. The molecule has 1 aliphatic rings. The standard InChI is InChI=1S/C26H37N5O4/c1-6-18-12-20(15-28-24(18)27)29-25(32)26(33)31-16-17(2)23(34-5)14-22(31)19-8-7-9-21(13-19)35-11-10-30(3)4/h7-9,12-13,15,17,22-23H,6,10-11,14,16H2,1-5H3,(H2,27,28)(H,29,32)/t17-,22?,23+/m1/s1. The van der Waals surface area contributed by atoms with E-state index in [1.165, 1.54) is 6.20 Å². The SMILES string of the molecule is CCc1cc(NC(=O)C(=O)N2C[C@@H](C)[C@@H](OC)CC2c2cccc(OCCN(C)C)c2)cnc1N. The van der Waals surface area contributed by atoms with Crippen molar-refractivity contribution in [2.24, 2.45) is 5.92 Å². The molecule has 1 aliphatic heterocycles. The van der Waals surface area contributed by atoms with Gasteiger partial charge in [0.25, 0.3) is 0 Å². The molecule has 9 heteroatoms. The molecule has 2 heterocycles. The van der Waals surface area contributed by atoms with Crippen LogP contribution in [0.15, 0.2) is 36.5 Å². The molecular weight excluding hydrogens is 446 g/mol. The first-order valence-electron chi connectivity index (χ1n) is 12.0. The van der Waals surface area contributed by atoms with Crippen molar-refractivity contribution in [1.82, 2.24) is 14.8 Å². The maximum absolute atomic E-state index is 13.4. The summed E-state index contributed by atoms with van der Waals surface area (Å²) in [6.07, 6.45) is 2.69. The van der Waals surface area contributed by atoms with Gasteiger partial charge >= 0.3 is 11.8 Å². The van der Waals surface area contributed by atoms with Crippen molar-refractivity contribution in [3.8, 4) is 5.75 Å². The smallest absolute Gasteiger partial charge is 0.313 e. The van der Waals surface area contributed by atoms with Crippen LogP contribution < -0.4 is 15.8 Å². The molecule has 3 N–H and O–H groups in total. The molecule has 2 aromatic rings. The number of nitrogens with two attached hydrogens (primary N) is 1. The van der Waals surface area contributed by atoms with Crippen molar-refractivity contribution >= 4 is 23.3 Å². The Labute approximate surface area is 207 Å². The maximum Gasteiger partial charge on any atom is 0.313 e. The summed E-state index contributed by atoms with van der Waals surface area (Å²) < 4.78 is 11.6. The fourth-order valence-electron chi connectivity index (χ4n) is 4.35. The molecule has 1 saturated heterocycles. The van der Waals surface area contributed by atoms with E-state index in [0.29, 0.717) is 37.5 Å². The van der Waals surface area contributed by atoms with Gasteiger partial charge < -0.3 is 30.3 Å². The highest BCUT2D eigenvalue weighted by molar-refractivity contribution is 6.39. The minimum Gasteiger partial charge on any atom is -0.492 e. The number of nitrogen functional groups attached to an aromatic ring is 1. The number of carbonyl (C=O) groups excluding carboxylic acids is 2. The first kappa shape index (κ1) is 26.4. The van der Waals surface area contributed by atoms with Gasteiger partial charge in [-0.05, 0) is 56.3 Å². The summed E-state index contributed by atoms with van der Waals surface area (Å²) in [6, 6.07) is 9.15. The van der Waals surface area contributed by atoms with Crippen LogP contribution in [0, 0.1) is 5.92 Å². The van der Waals surface area contributed by atoms with Gasteiger partial charge in [-0.1, -0.05) is 26.0 Å². The lowest BCUT2D eigenvalue weighted by molar-refractivity contribution is -0.149. The van der Waals surface area contributed by atoms with Crippen LogP contribution >= 0.6 is 0 Å². The monoisotopic (exact) mass is 483 g/mol. The molecule has 3 rings (SSSR count). The van der Waals surface area contributed by atoms with Gasteiger partial charge in [-0.2, -0.15) is 0 Å². The maximum atomic E-state index is 13.4.